The average Bonchev–Trinajstić information content (AvgIpc) is 2.75. The Bertz CT molecular complexity index is 1120. The Morgan fingerprint density at radius 2 is 1.67 bits per heavy atom. The third-order valence-corrected chi connectivity index (χ3v) is 5.15. The van der Waals surface area contributed by atoms with Gasteiger partial charge in [-0.15, -0.1) is 13.2 Å². The van der Waals surface area contributed by atoms with E-state index in [9.17, 15) is 26.7 Å². The fourth-order valence-corrected chi connectivity index (χ4v) is 3.49. The third-order valence-electron chi connectivity index (χ3n) is 5.15. The first-order valence-corrected chi connectivity index (χ1v) is 10.7. The molecule has 0 atom stereocenters. The van der Waals surface area contributed by atoms with Crippen LogP contribution in [0.2, 0.25) is 0 Å². The number of alkyl halides is 3. The lowest BCUT2D eigenvalue weighted by molar-refractivity contribution is -0.275. The predicted octanol–water partition coefficient (Wildman–Crippen LogP) is 7.75. The highest BCUT2D eigenvalue weighted by Gasteiger charge is 2.32. The van der Waals surface area contributed by atoms with Crippen molar-refractivity contribution in [1.29, 1.82) is 0 Å². The molecule has 0 heterocycles. The Hall–Kier alpha value is -3.16. The van der Waals surface area contributed by atoms with E-state index in [-0.39, 0.29) is 22.1 Å². The second kappa shape index (κ2) is 10.6. The van der Waals surface area contributed by atoms with Gasteiger partial charge in [0.2, 0.25) is 0 Å². The number of benzene rings is 3. The Labute approximate surface area is 188 Å². The molecule has 0 radical (unpaired) electrons. The van der Waals surface area contributed by atoms with Crippen LogP contribution in [0.25, 0.3) is 10.8 Å². The van der Waals surface area contributed by atoms with Gasteiger partial charge in [0.1, 0.15) is 11.6 Å². The summed E-state index contributed by atoms with van der Waals surface area (Å²) in [7, 11) is 0. The van der Waals surface area contributed by atoms with E-state index in [1.807, 2.05) is 0 Å². The molecule has 8 heteroatoms. The highest BCUT2D eigenvalue weighted by atomic mass is 19.4. The van der Waals surface area contributed by atoms with Gasteiger partial charge in [-0.2, -0.15) is 0 Å². The Kier molecular flexibility index (Phi) is 7.89. The van der Waals surface area contributed by atoms with Crippen LogP contribution < -0.4 is 9.47 Å². The van der Waals surface area contributed by atoms with Crippen LogP contribution in [0.1, 0.15) is 54.9 Å². The van der Waals surface area contributed by atoms with Crippen LogP contribution in [0.5, 0.6) is 11.5 Å². The van der Waals surface area contributed by atoms with Gasteiger partial charge in [0, 0.05) is 5.39 Å². The second-order valence-corrected chi connectivity index (χ2v) is 7.68. The Balaban J connectivity index is 1.69. The van der Waals surface area contributed by atoms with Crippen molar-refractivity contribution in [2.75, 3.05) is 0 Å². The van der Waals surface area contributed by atoms with Crippen molar-refractivity contribution < 1.29 is 36.2 Å². The van der Waals surface area contributed by atoms with E-state index in [4.69, 9.17) is 4.74 Å². The van der Waals surface area contributed by atoms with Crippen molar-refractivity contribution in [3.63, 3.8) is 0 Å². The first kappa shape index (κ1) is 24.5. The summed E-state index contributed by atoms with van der Waals surface area (Å²) in [6.07, 6.45) is 1.13. The molecular weight excluding hydrogens is 443 g/mol. The largest absolute Gasteiger partial charge is 0.573 e. The number of halogens is 5. The molecule has 0 fully saturated rings. The minimum atomic E-state index is -5.03. The zero-order valence-corrected chi connectivity index (χ0v) is 18.0. The molecule has 0 N–H and O–H groups in total. The fourth-order valence-electron chi connectivity index (χ4n) is 3.49. The molecule has 3 aromatic rings. The molecule has 3 rings (SSSR count). The molecule has 0 saturated heterocycles. The number of carbonyl (C=O) groups is 1. The number of rotatable bonds is 9. The number of unbranched alkanes of at least 4 members (excludes halogenated alkanes) is 4. The minimum absolute atomic E-state index is 0.00390. The van der Waals surface area contributed by atoms with Gasteiger partial charge < -0.3 is 9.47 Å². The molecule has 0 saturated carbocycles. The number of hydrogen-bond acceptors (Lipinski definition) is 3. The Morgan fingerprint density at radius 3 is 2.36 bits per heavy atom. The van der Waals surface area contributed by atoms with Crippen LogP contribution in [0, 0.1) is 11.6 Å². The summed E-state index contributed by atoms with van der Waals surface area (Å²) in [5.74, 6) is -3.80. The molecule has 176 valence electrons. The van der Waals surface area contributed by atoms with E-state index in [0.29, 0.717) is 6.42 Å². The maximum Gasteiger partial charge on any atom is 0.573 e. The quantitative estimate of drug-likeness (QED) is 0.140. The number of carbonyl (C=O) groups excluding carboxylic acids is 1. The molecule has 0 aliphatic rings. The zero-order valence-electron chi connectivity index (χ0n) is 18.0. The van der Waals surface area contributed by atoms with Gasteiger partial charge in [0.05, 0.1) is 5.56 Å². The van der Waals surface area contributed by atoms with Crippen LogP contribution >= 0.6 is 0 Å². The molecule has 0 unspecified atom stereocenters. The molecule has 0 aliphatic carbocycles. The monoisotopic (exact) mass is 466 g/mol. The summed E-state index contributed by atoms with van der Waals surface area (Å²) < 4.78 is 74.8. The molecule has 0 aliphatic heterocycles. The number of hydrogen-bond donors (Lipinski definition) is 0. The standard InChI is InChI=1S/C25H23F5O3/c1-2-3-4-5-6-7-16-8-11-20(21(26)14-16)24(31)32-18-10-12-19-17(15-18)9-13-22(23(19)27)33-25(28,29)30/h8-15H,2-7H2,1H3. The summed E-state index contributed by atoms with van der Waals surface area (Å²) in [5.41, 5.74) is 0.545. The van der Waals surface area contributed by atoms with Crippen LogP contribution in [0.3, 0.4) is 0 Å². The number of ether oxygens (including phenoxy) is 2. The Morgan fingerprint density at radius 1 is 0.909 bits per heavy atom. The van der Waals surface area contributed by atoms with Crippen molar-refractivity contribution in [2.45, 2.75) is 51.8 Å². The van der Waals surface area contributed by atoms with Gasteiger partial charge in [-0.1, -0.05) is 44.7 Å². The topological polar surface area (TPSA) is 35.5 Å². The molecule has 0 spiro atoms. The van der Waals surface area contributed by atoms with Crippen molar-refractivity contribution in [1.82, 2.24) is 0 Å². The third kappa shape index (κ3) is 6.66. The van der Waals surface area contributed by atoms with Crippen LogP contribution in [-0.4, -0.2) is 12.3 Å². The van der Waals surface area contributed by atoms with Crippen molar-refractivity contribution in [2.24, 2.45) is 0 Å². The first-order chi connectivity index (χ1) is 15.7. The molecular formula is C25H23F5O3. The minimum Gasteiger partial charge on any atom is -0.423 e. The lowest BCUT2D eigenvalue weighted by Crippen LogP contribution is -2.18. The molecule has 33 heavy (non-hydrogen) atoms. The summed E-state index contributed by atoms with van der Waals surface area (Å²) in [6, 6.07) is 10.0. The first-order valence-electron chi connectivity index (χ1n) is 10.7. The van der Waals surface area contributed by atoms with Crippen LogP contribution in [0.4, 0.5) is 22.0 Å². The zero-order chi connectivity index (χ0) is 24.0. The molecule has 0 amide bonds. The van der Waals surface area contributed by atoms with Gasteiger partial charge in [-0.05, 0) is 60.2 Å². The predicted molar refractivity (Wildman–Crippen MR) is 114 cm³/mol. The lowest BCUT2D eigenvalue weighted by atomic mass is 10.0. The highest BCUT2D eigenvalue weighted by molar-refractivity contribution is 5.92. The molecule has 3 nitrogen and oxygen atoms in total. The maximum absolute atomic E-state index is 14.5. The second-order valence-electron chi connectivity index (χ2n) is 7.68. The fraction of sp³-hybridized carbons (Fsp3) is 0.320. The molecule has 3 aromatic carbocycles. The summed E-state index contributed by atoms with van der Waals surface area (Å²) in [4.78, 5) is 12.4. The van der Waals surface area contributed by atoms with Gasteiger partial charge in [-0.3, -0.25) is 0 Å². The van der Waals surface area contributed by atoms with E-state index < -0.39 is 29.7 Å². The summed E-state index contributed by atoms with van der Waals surface area (Å²) in [6.45, 7) is 2.13. The van der Waals surface area contributed by atoms with Gasteiger partial charge >= 0.3 is 12.3 Å². The van der Waals surface area contributed by atoms with Gasteiger partial charge in [0.15, 0.2) is 11.6 Å². The van der Waals surface area contributed by atoms with Crippen LogP contribution in [0.15, 0.2) is 48.5 Å². The average molecular weight is 466 g/mol. The summed E-state index contributed by atoms with van der Waals surface area (Å²) in [5, 5.41) is 0.0391. The van der Waals surface area contributed by atoms with Crippen LogP contribution in [-0.2, 0) is 6.42 Å². The number of esters is 1. The lowest BCUT2D eigenvalue weighted by Gasteiger charge is -2.12. The van der Waals surface area contributed by atoms with Crippen molar-refractivity contribution >= 4 is 16.7 Å². The molecule has 0 bridgehead atoms. The number of aryl methyl sites for hydroxylation is 1. The van der Waals surface area contributed by atoms with Crippen molar-refractivity contribution in [3.05, 3.63) is 71.3 Å². The van der Waals surface area contributed by atoms with Gasteiger partial charge in [0.25, 0.3) is 0 Å². The van der Waals surface area contributed by atoms with Gasteiger partial charge in [-0.25, -0.2) is 13.6 Å². The SMILES string of the molecule is CCCCCCCc1ccc(C(=O)Oc2ccc3c(F)c(OC(F)(F)F)ccc3c2)c(F)c1. The van der Waals surface area contributed by atoms with Crippen molar-refractivity contribution in [3.8, 4) is 11.5 Å². The normalized spacial score (nSPS) is 11.6. The van der Waals surface area contributed by atoms with E-state index in [2.05, 4.69) is 11.7 Å². The van der Waals surface area contributed by atoms with E-state index in [1.165, 1.54) is 36.8 Å². The highest BCUT2D eigenvalue weighted by Crippen LogP contribution is 2.32. The molecule has 0 aromatic heterocycles. The van der Waals surface area contributed by atoms with E-state index in [0.717, 1.165) is 43.4 Å². The van der Waals surface area contributed by atoms with E-state index in [1.54, 1.807) is 6.07 Å². The smallest absolute Gasteiger partial charge is 0.423 e. The summed E-state index contributed by atoms with van der Waals surface area (Å²) >= 11 is 0. The van der Waals surface area contributed by atoms with E-state index >= 15 is 0 Å². The maximum atomic E-state index is 14.5. The number of fused-ring (bicyclic) bond motifs is 1.